The van der Waals surface area contributed by atoms with Crippen LogP contribution >= 0.6 is 11.3 Å². The number of nitrogens with zero attached hydrogens (tertiary/aromatic N) is 2. The number of aromatic carboxylic acids is 1. The van der Waals surface area contributed by atoms with Crippen molar-refractivity contribution in [1.29, 1.82) is 0 Å². The number of benzene rings is 1. The molecule has 25 heavy (non-hydrogen) atoms. The third-order valence-electron chi connectivity index (χ3n) is 4.04. The first-order valence-electron chi connectivity index (χ1n) is 7.89. The number of aryl methyl sites for hydroxylation is 2. The average Bonchev–Trinajstić information content (AvgIpc) is 3.10. The molecule has 2 aromatic heterocycles. The number of hydrogen-bond donors (Lipinski definition) is 2. The second-order valence-corrected chi connectivity index (χ2v) is 7.31. The van der Waals surface area contributed by atoms with Crippen molar-refractivity contribution in [3.63, 3.8) is 0 Å². The Bertz CT molecular complexity index is 985. The van der Waals surface area contributed by atoms with E-state index >= 15 is 0 Å². The molecule has 7 heteroatoms. The maximum Gasteiger partial charge on any atom is 0.336 e. The molecule has 0 atom stereocenters. The van der Waals surface area contributed by atoms with Gasteiger partial charge in [-0.25, -0.2) is 4.79 Å². The highest BCUT2D eigenvalue weighted by molar-refractivity contribution is 7.20. The molecule has 0 aliphatic rings. The maximum atomic E-state index is 12.6. The number of carboxylic acid groups (broad SMARTS) is 1. The zero-order valence-electron chi connectivity index (χ0n) is 14.5. The summed E-state index contributed by atoms with van der Waals surface area (Å²) in [6.45, 7) is 5.86. The molecule has 1 amide bonds. The second kappa shape index (κ2) is 6.33. The molecule has 3 aromatic rings. The molecule has 1 aromatic carbocycles. The monoisotopic (exact) mass is 357 g/mol. The second-order valence-electron chi connectivity index (χ2n) is 6.28. The summed E-state index contributed by atoms with van der Waals surface area (Å²) in [7, 11) is 1.87. The lowest BCUT2D eigenvalue weighted by atomic mass is 10.1. The van der Waals surface area contributed by atoms with Crippen LogP contribution in [-0.2, 0) is 7.05 Å². The number of fused-ring (bicyclic) bond motifs is 1. The molecule has 2 N–H and O–H groups in total. The summed E-state index contributed by atoms with van der Waals surface area (Å²) in [5.74, 6) is -0.997. The van der Waals surface area contributed by atoms with E-state index in [0.717, 1.165) is 15.9 Å². The molecule has 0 aliphatic carbocycles. The van der Waals surface area contributed by atoms with Gasteiger partial charge in [-0.3, -0.25) is 9.48 Å². The van der Waals surface area contributed by atoms with Crippen LogP contribution in [-0.4, -0.2) is 26.8 Å². The van der Waals surface area contributed by atoms with Crippen LogP contribution in [0.4, 0.5) is 5.69 Å². The summed E-state index contributed by atoms with van der Waals surface area (Å²) in [4.78, 5) is 25.3. The van der Waals surface area contributed by atoms with Crippen molar-refractivity contribution in [1.82, 2.24) is 9.78 Å². The van der Waals surface area contributed by atoms with Gasteiger partial charge in [-0.2, -0.15) is 5.10 Å². The Morgan fingerprint density at radius 2 is 2.00 bits per heavy atom. The highest BCUT2D eigenvalue weighted by Gasteiger charge is 2.19. The highest BCUT2D eigenvalue weighted by atomic mass is 32.1. The van der Waals surface area contributed by atoms with Crippen molar-refractivity contribution in [2.24, 2.45) is 7.05 Å². The van der Waals surface area contributed by atoms with Crippen molar-refractivity contribution >= 4 is 39.1 Å². The Morgan fingerprint density at radius 1 is 1.28 bits per heavy atom. The Morgan fingerprint density at radius 3 is 2.64 bits per heavy atom. The SMILES string of the molecule is Cc1ccc(NC(=O)c2cc3c(C(C)C)nn(C)c3s2)cc1C(=O)O. The molecule has 0 saturated heterocycles. The van der Waals surface area contributed by atoms with Crippen molar-refractivity contribution in [3.05, 3.63) is 46.0 Å². The van der Waals surface area contributed by atoms with Crippen molar-refractivity contribution in [2.45, 2.75) is 26.7 Å². The minimum atomic E-state index is -1.01. The van der Waals surface area contributed by atoms with Gasteiger partial charge in [0.1, 0.15) is 4.83 Å². The molecule has 0 bridgehead atoms. The highest BCUT2D eigenvalue weighted by Crippen LogP contribution is 2.32. The van der Waals surface area contributed by atoms with Gasteiger partial charge in [0.15, 0.2) is 0 Å². The smallest absolute Gasteiger partial charge is 0.336 e. The number of aromatic nitrogens is 2. The molecule has 2 heterocycles. The van der Waals surface area contributed by atoms with E-state index < -0.39 is 5.97 Å². The number of hydrogen-bond acceptors (Lipinski definition) is 4. The molecular weight excluding hydrogens is 338 g/mol. The fraction of sp³-hybridized carbons (Fsp3) is 0.278. The third kappa shape index (κ3) is 3.15. The third-order valence-corrected chi connectivity index (χ3v) is 5.24. The Kier molecular flexibility index (Phi) is 4.34. The first-order valence-corrected chi connectivity index (χ1v) is 8.71. The van der Waals surface area contributed by atoms with Gasteiger partial charge >= 0.3 is 5.97 Å². The zero-order chi connectivity index (χ0) is 18.3. The number of rotatable bonds is 4. The van der Waals surface area contributed by atoms with Crippen molar-refractivity contribution in [3.8, 4) is 0 Å². The van der Waals surface area contributed by atoms with Crippen LogP contribution in [0, 0.1) is 6.92 Å². The number of thiophene rings is 1. The molecule has 0 aliphatic heterocycles. The van der Waals surface area contributed by atoms with Crippen LogP contribution in [0.1, 0.15) is 51.1 Å². The van der Waals surface area contributed by atoms with E-state index in [9.17, 15) is 14.7 Å². The number of carbonyl (C=O) groups is 2. The van der Waals surface area contributed by atoms with E-state index in [1.165, 1.54) is 17.4 Å². The first-order chi connectivity index (χ1) is 11.8. The lowest BCUT2D eigenvalue weighted by Crippen LogP contribution is -2.11. The largest absolute Gasteiger partial charge is 0.478 e. The summed E-state index contributed by atoms with van der Waals surface area (Å²) in [6.07, 6.45) is 0. The topological polar surface area (TPSA) is 84.2 Å². The van der Waals surface area contributed by atoms with Crippen molar-refractivity contribution < 1.29 is 14.7 Å². The first kappa shape index (κ1) is 17.2. The Hall–Kier alpha value is -2.67. The fourth-order valence-corrected chi connectivity index (χ4v) is 3.70. The minimum absolute atomic E-state index is 0.181. The number of carbonyl (C=O) groups excluding carboxylic acids is 1. The molecule has 0 unspecified atom stereocenters. The van der Waals surface area contributed by atoms with E-state index in [2.05, 4.69) is 24.3 Å². The summed E-state index contributed by atoms with van der Waals surface area (Å²) < 4.78 is 1.79. The fourth-order valence-electron chi connectivity index (χ4n) is 2.73. The van der Waals surface area contributed by atoms with Crippen LogP contribution < -0.4 is 5.32 Å². The normalized spacial score (nSPS) is 11.2. The molecule has 0 saturated carbocycles. The van der Waals surface area contributed by atoms with Gasteiger partial charge in [-0.15, -0.1) is 11.3 Å². The number of amides is 1. The van der Waals surface area contributed by atoms with Gasteiger partial charge in [0.25, 0.3) is 5.91 Å². The Labute approximate surface area is 149 Å². The van der Waals surface area contributed by atoms with E-state index in [4.69, 9.17) is 0 Å². The number of anilines is 1. The van der Waals surface area contributed by atoms with E-state index in [1.54, 1.807) is 23.7 Å². The van der Waals surface area contributed by atoms with E-state index in [1.807, 2.05) is 13.1 Å². The van der Waals surface area contributed by atoms with Gasteiger partial charge < -0.3 is 10.4 Å². The van der Waals surface area contributed by atoms with Crippen LogP contribution in [0.2, 0.25) is 0 Å². The predicted octanol–water partition coefficient (Wildman–Crippen LogP) is 4.02. The van der Waals surface area contributed by atoms with E-state index in [0.29, 0.717) is 16.1 Å². The summed E-state index contributed by atoms with van der Waals surface area (Å²) in [6, 6.07) is 6.72. The maximum absolute atomic E-state index is 12.6. The quantitative estimate of drug-likeness (QED) is 0.739. The average molecular weight is 357 g/mol. The van der Waals surface area contributed by atoms with Gasteiger partial charge in [-0.05, 0) is 36.6 Å². The Balaban J connectivity index is 1.91. The molecule has 130 valence electrons. The van der Waals surface area contributed by atoms with Gasteiger partial charge in [-0.1, -0.05) is 19.9 Å². The lowest BCUT2D eigenvalue weighted by Gasteiger charge is -2.07. The van der Waals surface area contributed by atoms with Crippen molar-refractivity contribution in [2.75, 3.05) is 5.32 Å². The molecule has 0 radical (unpaired) electrons. The van der Waals surface area contributed by atoms with Gasteiger partial charge in [0, 0.05) is 18.1 Å². The minimum Gasteiger partial charge on any atom is -0.478 e. The molecule has 6 nitrogen and oxygen atoms in total. The van der Waals surface area contributed by atoms with Gasteiger partial charge in [0.05, 0.1) is 16.1 Å². The zero-order valence-corrected chi connectivity index (χ0v) is 15.3. The number of nitrogens with one attached hydrogen (secondary N) is 1. The predicted molar refractivity (Wildman–Crippen MR) is 98.8 cm³/mol. The van der Waals surface area contributed by atoms with E-state index in [-0.39, 0.29) is 17.4 Å². The summed E-state index contributed by atoms with van der Waals surface area (Å²) in [5, 5.41) is 17.5. The standard InChI is InChI=1S/C18H19N3O3S/c1-9(2)15-13-8-14(25-17(13)21(4)20-15)16(22)19-11-6-5-10(3)12(7-11)18(23)24/h5-9H,1-4H3,(H,19,22)(H,23,24). The lowest BCUT2D eigenvalue weighted by molar-refractivity contribution is 0.0695. The van der Waals surface area contributed by atoms with Crippen LogP contribution in [0.3, 0.4) is 0 Å². The summed E-state index contributed by atoms with van der Waals surface area (Å²) in [5.41, 5.74) is 2.27. The summed E-state index contributed by atoms with van der Waals surface area (Å²) >= 11 is 1.38. The van der Waals surface area contributed by atoms with Crippen LogP contribution in [0.25, 0.3) is 10.2 Å². The van der Waals surface area contributed by atoms with Gasteiger partial charge in [0.2, 0.25) is 0 Å². The number of carboxylic acids is 1. The van der Waals surface area contributed by atoms with Crippen LogP contribution in [0.15, 0.2) is 24.3 Å². The molecule has 3 rings (SSSR count). The molecular formula is C18H19N3O3S. The molecule has 0 fully saturated rings. The van der Waals surface area contributed by atoms with Crippen LogP contribution in [0.5, 0.6) is 0 Å². The molecule has 0 spiro atoms.